The Morgan fingerprint density at radius 2 is 1.38 bits per heavy atom. The van der Waals surface area contributed by atoms with Crippen LogP contribution in [0.1, 0.15) is 38.7 Å². The molecule has 0 saturated heterocycles. The van der Waals surface area contributed by atoms with E-state index in [1.807, 2.05) is 45.9 Å². The minimum absolute atomic E-state index is 0.512. The van der Waals surface area contributed by atoms with Crippen LogP contribution in [0.5, 0.6) is 0 Å². The van der Waals surface area contributed by atoms with E-state index in [1.165, 1.54) is 6.21 Å². The smallest absolute Gasteiger partial charge is 0.168 e. The van der Waals surface area contributed by atoms with E-state index in [2.05, 4.69) is 15.1 Å². The van der Waals surface area contributed by atoms with Crippen molar-refractivity contribution in [1.82, 2.24) is 9.97 Å². The molecule has 0 radical (unpaired) electrons. The number of carbonyl (C=O) groups excluding carboxylic acids is 1. The number of aldehydes is 1. The second-order valence-electron chi connectivity index (χ2n) is 4.78. The maximum atomic E-state index is 10.2. The molecule has 21 heavy (non-hydrogen) atoms. The predicted octanol–water partition coefficient (Wildman–Crippen LogP) is 3.02. The van der Waals surface area contributed by atoms with E-state index in [4.69, 9.17) is 5.21 Å². The van der Waals surface area contributed by atoms with Crippen molar-refractivity contribution in [3.05, 3.63) is 58.2 Å². The number of aryl methyl sites for hydroxylation is 4. The molecule has 0 aromatic carbocycles. The zero-order valence-corrected chi connectivity index (χ0v) is 12.7. The van der Waals surface area contributed by atoms with E-state index < -0.39 is 0 Å². The molecule has 0 atom stereocenters. The number of nitrogens with zero attached hydrogens (tertiary/aromatic N) is 3. The summed E-state index contributed by atoms with van der Waals surface area (Å²) in [5.41, 5.74) is 5.21. The van der Waals surface area contributed by atoms with Gasteiger partial charge in [0.25, 0.3) is 0 Å². The number of aromatic nitrogens is 2. The lowest BCUT2D eigenvalue weighted by Gasteiger charge is -1.96. The molecular weight excluding hydrogens is 266 g/mol. The van der Waals surface area contributed by atoms with Gasteiger partial charge in [-0.3, -0.25) is 14.8 Å². The molecule has 110 valence electrons. The number of pyridine rings is 2. The van der Waals surface area contributed by atoms with E-state index in [0.29, 0.717) is 11.4 Å². The predicted molar refractivity (Wildman–Crippen MR) is 82.2 cm³/mol. The first-order valence-corrected chi connectivity index (χ1v) is 6.48. The first-order chi connectivity index (χ1) is 9.94. The van der Waals surface area contributed by atoms with Gasteiger partial charge in [-0.25, -0.2) is 0 Å². The minimum Gasteiger partial charge on any atom is -0.411 e. The van der Waals surface area contributed by atoms with Gasteiger partial charge in [-0.2, -0.15) is 0 Å². The minimum atomic E-state index is 0.512. The van der Waals surface area contributed by atoms with Crippen LogP contribution < -0.4 is 0 Å². The fourth-order valence-electron chi connectivity index (χ4n) is 1.93. The Balaban J connectivity index is 0.000000211. The SMILES string of the molecule is Cc1cc(C)nc(/C=N/O)c1.Cc1cc(C)nc(C=O)c1. The fraction of sp³-hybridized carbons (Fsp3) is 0.250. The maximum Gasteiger partial charge on any atom is 0.168 e. The first-order valence-electron chi connectivity index (χ1n) is 6.48. The summed E-state index contributed by atoms with van der Waals surface area (Å²) in [5.74, 6) is 0. The molecular formula is C16H19N3O2. The Kier molecular flexibility index (Phi) is 6.20. The Morgan fingerprint density at radius 1 is 0.905 bits per heavy atom. The lowest BCUT2D eigenvalue weighted by atomic mass is 10.2. The Hall–Kier alpha value is -2.56. The molecule has 5 heteroatoms. The van der Waals surface area contributed by atoms with Crippen LogP contribution in [0.3, 0.4) is 0 Å². The molecule has 0 unspecified atom stereocenters. The second kappa shape index (κ2) is 7.89. The highest BCUT2D eigenvalue weighted by molar-refractivity contribution is 5.76. The lowest BCUT2D eigenvalue weighted by molar-refractivity contribution is 0.111. The molecule has 0 bridgehead atoms. The monoisotopic (exact) mass is 285 g/mol. The van der Waals surface area contributed by atoms with E-state index in [-0.39, 0.29) is 0 Å². The largest absolute Gasteiger partial charge is 0.411 e. The van der Waals surface area contributed by atoms with Crippen molar-refractivity contribution in [1.29, 1.82) is 0 Å². The van der Waals surface area contributed by atoms with Crippen LogP contribution in [0, 0.1) is 27.7 Å². The molecule has 2 heterocycles. The number of hydrogen-bond donors (Lipinski definition) is 1. The molecule has 0 aliphatic carbocycles. The molecule has 5 nitrogen and oxygen atoms in total. The van der Waals surface area contributed by atoms with Crippen molar-refractivity contribution in [2.45, 2.75) is 27.7 Å². The van der Waals surface area contributed by atoms with E-state index in [9.17, 15) is 4.79 Å². The van der Waals surface area contributed by atoms with Crippen molar-refractivity contribution in [3.63, 3.8) is 0 Å². The summed E-state index contributed by atoms with van der Waals surface area (Å²) >= 11 is 0. The lowest BCUT2D eigenvalue weighted by Crippen LogP contribution is -1.91. The molecule has 1 N–H and O–H groups in total. The Labute approximate surface area is 124 Å². The van der Waals surface area contributed by atoms with Crippen molar-refractivity contribution in [2.24, 2.45) is 5.16 Å². The average molecular weight is 285 g/mol. The van der Waals surface area contributed by atoms with Gasteiger partial charge in [0.05, 0.1) is 11.9 Å². The zero-order chi connectivity index (χ0) is 15.8. The van der Waals surface area contributed by atoms with Gasteiger partial charge in [0.2, 0.25) is 0 Å². The van der Waals surface area contributed by atoms with Crippen LogP contribution in [-0.4, -0.2) is 27.7 Å². The first kappa shape index (κ1) is 16.5. The summed E-state index contributed by atoms with van der Waals surface area (Å²) in [5, 5.41) is 11.1. The van der Waals surface area contributed by atoms with E-state index >= 15 is 0 Å². The molecule has 0 amide bonds. The molecule has 2 aromatic heterocycles. The Morgan fingerprint density at radius 3 is 1.81 bits per heavy atom. The van der Waals surface area contributed by atoms with Crippen LogP contribution >= 0.6 is 0 Å². The fourth-order valence-corrected chi connectivity index (χ4v) is 1.93. The van der Waals surface area contributed by atoms with Gasteiger partial charge in [-0.1, -0.05) is 5.16 Å². The summed E-state index contributed by atoms with van der Waals surface area (Å²) in [6, 6.07) is 7.52. The van der Waals surface area contributed by atoms with Gasteiger partial charge in [-0.15, -0.1) is 0 Å². The molecule has 0 aliphatic rings. The van der Waals surface area contributed by atoms with Crippen LogP contribution in [-0.2, 0) is 0 Å². The van der Waals surface area contributed by atoms with Crippen molar-refractivity contribution < 1.29 is 10.0 Å². The molecule has 2 aromatic rings. The second-order valence-corrected chi connectivity index (χ2v) is 4.78. The maximum absolute atomic E-state index is 10.2. The van der Waals surface area contributed by atoms with Gasteiger partial charge in [0, 0.05) is 11.4 Å². The third kappa shape index (κ3) is 5.95. The van der Waals surface area contributed by atoms with Crippen molar-refractivity contribution in [3.8, 4) is 0 Å². The van der Waals surface area contributed by atoms with Crippen LogP contribution in [0.25, 0.3) is 0 Å². The quantitative estimate of drug-likeness (QED) is 0.398. The third-order valence-electron chi connectivity index (χ3n) is 2.55. The van der Waals surface area contributed by atoms with Crippen molar-refractivity contribution in [2.75, 3.05) is 0 Å². The molecule has 2 rings (SSSR count). The van der Waals surface area contributed by atoms with Gasteiger partial charge in [0.1, 0.15) is 5.69 Å². The van der Waals surface area contributed by atoms with Gasteiger partial charge >= 0.3 is 0 Å². The number of hydrogen-bond acceptors (Lipinski definition) is 5. The average Bonchev–Trinajstić information content (AvgIpc) is 2.37. The van der Waals surface area contributed by atoms with Gasteiger partial charge in [0.15, 0.2) is 6.29 Å². The number of carbonyl (C=O) groups is 1. The summed E-state index contributed by atoms with van der Waals surface area (Å²) in [6.07, 6.45) is 2.08. The van der Waals surface area contributed by atoms with E-state index in [0.717, 1.165) is 28.8 Å². The summed E-state index contributed by atoms with van der Waals surface area (Å²) in [7, 11) is 0. The van der Waals surface area contributed by atoms with Gasteiger partial charge in [-0.05, 0) is 63.1 Å². The molecule has 0 aliphatic heterocycles. The highest BCUT2D eigenvalue weighted by atomic mass is 16.4. The van der Waals surface area contributed by atoms with Crippen molar-refractivity contribution >= 4 is 12.5 Å². The molecule has 0 spiro atoms. The third-order valence-corrected chi connectivity index (χ3v) is 2.55. The van der Waals surface area contributed by atoms with Gasteiger partial charge < -0.3 is 5.21 Å². The zero-order valence-electron chi connectivity index (χ0n) is 12.7. The van der Waals surface area contributed by atoms with Crippen LogP contribution in [0.4, 0.5) is 0 Å². The molecule has 0 saturated carbocycles. The highest BCUT2D eigenvalue weighted by Crippen LogP contribution is 2.02. The summed E-state index contributed by atoms with van der Waals surface area (Å²) in [4.78, 5) is 18.3. The normalized spacial score (nSPS) is 10.1. The summed E-state index contributed by atoms with van der Waals surface area (Å²) in [6.45, 7) is 7.70. The number of rotatable bonds is 2. The van der Waals surface area contributed by atoms with E-state index in [1.54, 1.807) is 6.07 Å². The Bertz CT molecular complexity index is 611. The number of oxime groups is 1. The standard InChI is InChI=1S/C8H10N2O.C8H9NO/c1-6-3-7(2)10-8(4-6)5-9-11;1-6-3-7(2)9-8(4-6)5-10/h3-5,11H,1-2H3;3-5H,1-2H3/b9-5+;. The summed E-state index contributed by atoms with van der Waals surface area (Å²) < 4.78 is 0. The van der Waals surface area contributed by atoms with Crippen LogP contribution in [0.2, 0.25) is 0 Å². The highest BCUT2D eigenvalue weighted by Gasteiger charge is 1.94. The topological polar surface area (TPSA) is 75.4 Å². The molecule has 0 fully saturated rings. The van der Waals surface area contributed by atoms with Crippen LogP contribution in [0.15, 0.2) is 29.4 Å².